The largest absolute Gasteiger partial charge is 0.489 e. The van der Waals surface area contributed by atoms with Gasteiger partial charge in [0.1, 0.15) is 12.4 Å². The molecule has 0 saturated heterocycles. The smallest absolute Gasteiger partial charge is 0.122 e. The molecule has 0 fully saturated rings. The number of fused-ring (bicyclic) bond motifs is 1. The number of aryl methyl sites for hydroxylation is 1. The van der Waals surface area contributed by atoms with E-state index in [4.69, 9.17) is 4.74 Å². The zero-order valence-corrected chi connectivity index (χ0v) is 11.3. The molecule has 2 aromatic carbocycles. The molecule has 98 valence electrons. The van der Waals surface area contributed by atoms with Gasteiger partial charge < -0.3 is 10.1 Å². The van der Waals surface area contributed by atoms with E-state index in [2.05, 4.69) is 36.5 Å². The molecule has 1 aliphatic rings. The summed E-state index contributed by atoms with van der Waals surface area (Å²) < 4.78 is 5.89. The summed E-state index contributed by atoms with van der Waals surface area (Å²) in [6.45, 7) is 4.78. The Labute approximate surface area is 114 Å². The Bertz CT molecular complexity index is 577. The van der Waals surface area contributed by atoms with Gasteiger partial charge in [-0.05, 0) is 48.2 Å². The molecule has 0 atom stereocenters. The lowest BCUT2D eigenvalue weighted by Gasteiger charge is -2.18. The highest BCUT2D eigenvalue weighted by Gasteiger charge is 2.09. The lowest BCUT2D eigenvalue weighted by atomic mass is 9.99. The van der Waals surface area contributed by atoms with E-state index >= 15 is 0 Å². The maximum absolute atomic E-state index is 5.89. The van der Waals surface area contributed by atoms with Crippen LogP contribution >= 0.6 is 0 Å². The number of para-hydroxylation sites is 1. The Balaban J connectivity index is 1.72. The van der Waals surface area contributed by atoms with Crippen molar-refractivity contribution in [1.82, 2.24) is 5.32 Å². The van der Waals surface area contributed by atoms with Gasteiger partial charge in [-0.2, -0.15) is 0 Å². The summed E-state index contributed by atoms with van der Waals surface area (Å²) in [5.41, 5.74) is 5.31. The minimum atomic E-state index is 0.637. The fraction of sp³-hybridized carbons (Fsp3) is 0.294. The third kappa shape index (κ3) is 2.79. The van der Waals surface area contributed by atoms with Crippen LogP contribution in [0, 0.1) is 6.92 Å². The molecular formula is C17H19NO. The number of rotatable bonds is 3. The standard InChI is InChI=1S/C17H19NO/c1-13-4-2-3-5-17(13)19-12-14-6-7-15-8-9-18-11-16(15)10-14/h2-7,10,18H,8-9,11-12H2,1H3. The van der Waals surface area contributed by atoms with E-state index in [9.17, 15) is 0 Å². The average Bonchev–Trinajstić information content (AvgIpc) is 2.46. The van der Waals surface area contributed by atoms with Crippen molar-refractivity contribution in [1.29, 1.82) is 0 Å². The van der Waals surface area contributed by atoms with Gasteiger partial charge in [-0.15, -0.1) is 0 Å². The summed E-state index contributed by atoms with van der Waals surface area (Å²) in [5.74, 6) is 0.971. The number of ether oxygens (including phenoxy) is 1. The van der Waals surface area contributed by atoms with Crippen molar-refractivity contribution in [3.05, 3.63) is 64.7 Å². The highest BCUT2D eigenvalue weighted by atomic mass is 16.5. The molecule has 1 N–H and O–H groups in total. The van der Waals surface area contributed by atoms with Gasteiger partial charge in [0, 0.05) is 6.54 Å². The fourth-order valence-corrected chi connectivity index (χ4v) is 2.50. The van der Waals surface area contributed by atoms with Crippen LogP contribution in [0.15, 0.2) is 42.5 Å². The minimum absolute atomic E-state index is 0.637. The first-order valence-electron chi connectivity index (χ1n) is 6.83. The van der Waals surface area contributed by atoms with Gasteiger partial charge in [0.25, 0.3) is 0 Å². The molecule has 0 aliphatic carbocycles. The van der Waals surface area contributed by atoms with Crippen molar-refractivity contribution in [2.75, 3.05) is 6.54 Å². The number of hydrogen-bond donors (Lipinski definition) is 1. The van der Waals surface area contributed by atoms with Crippen LogP contribution in [0.2, 0.25) is 0 Å². The first kappa shape index (κ1) is 12.2. The molecule has 1 aliphatic heterocycles. The minimum Gasteiger partial charge on any atom is -0.489 e. The van der Waals surface area contributed by atoms with Gasteiger partial charge in [0.15, 0.2) is 0 Å². The van der Waals surface area contributed by atoms with Crippen LogP contribution in [0.4, 0.5) is 0 Å². The predicted molar refractivity (Wildman–Crippen MR) is 77.4 cm³/mol. The molecule has 0 bridgehead atoms. The Morgan fingerprint density at radius 2 is 2.00 bits per heavy atom. The van der Waals surface area contributed by atoms with Gasteiger partial charge in [-0.25, -0.2) is 0 Å². The van der Waals surface area contributed by atoms with Crippen LogP contribution < -0.4 is 10.1 Å². The Kier molecular flexibility index (Phi) is 3.51. The molecule has 0 amide bonds. The Morgan fingerprint density at radius 1 is 1.11 bits per heavy atom. The Hall–Kier alpha value is -1.80. The maximum Gasteiger partial charge on any atom is 0.122 e. The summed E-state index contributed by atoms with van der Waals surface area (Å²) in [6.07, 6.45) is 1.13. The van der Waals surface area contributed by atoms with Crippen LogP contribution in [-0.4, -0.2) is 6.54 Å². The van der Waals surface area contributed by atoms with Crippen molar-refractivity contribution < 1.29 is 4.74 Å². The molecule has 1 heterocycles. The highest BCUT2D eigenvalue weighted by molar-refractivity contribution is 5.35. The Morgan fingerprint density at radius 3 is 2.89 bits per heavy atom. The van der Waals surface area contributed by atoms with E-state index in [1.165, 1.54) is 22.3 Å². The molecule has 2 heteroatoms. The second kappa shape index (κ2) is 5.45. The molecule has 0 unspecified atom stereocenters. The van der Waals surface area contributed by atoms with Crippen molar-refractivity contribution in [2.24, 2.45) is 0 Å². The quantitative estimate of drug-likeness (QED) is 0.907. The van der Waals surface area contributed by atoms with Crippen LogP contribution in [0.5, 0.6) is 5.75 Å². The zero-order chi connectivity index (χ0) is 13.1. The lowest BCUT2D eigenvalue weighted by molar-refractivity contribution is 0.304. The summed E-state index contributed by atoms with van der Waals surface area (Å²) in [5, 5.41) is 3.41. The average molecular weight is 253 g/mol. The second-order valence-electron chi connectivity index (χ2n) is 5.08. The zero-order valence-electron chi connectivity index (χ0n) is 11.3. The third-order valence-corrected chi connectivity index (χ3v) is 3.65. The first-order valence-corrected chi connectivity index (χ1v) is 6.83. The fourth-order valence-electron chi connectivity index (χ4n) is 2.50. The van der Waals surface area contributed by atoms with E-state index in [1.54, 1.807) is 0 Å². The number of nitrogens with one attached hydrogen (secondary N) is 1. The van der Waals surface area contributed by atoms with Crippen LogP contribution in [0.3, 0.4) is 0 Å². The number of hydrogen-bond acceptors (Lipinski definition) is 2. The molecule has 2 aromatic rings. The maximum atomic E-state index is 5.89. The second-order valence-corrected chi connectivity index (χ2v) is 5.08. The topological polar surface area (TPSA) is 21.3 Å². The normalized spacial score (nSPS) is 13.9. The van der Waals surface area contributed by atoms with Gasteiger partial charge >= 0.3 is 0 Å². The van der Waals surface area contributed by atoms with Crippen LogP contribution in [0.25, 0.3) is 0 Å². The SMILES string of the molecule is Cc1ccccc1OCc1ccc2c(c1)CNCC2. The highest BCUT2D eigenvalue weighted by Crippen LogP contribution is 2.20. The molecule has 0 aromatic heterocycles. The molecule has 19 heavy (non-hydrogen) atoms. The van der Waals surface area contributed by atoms with Crippen molar-refractivity contribution >= 4 is 0 Å². The van der Waals surface area contributed by atoms with E-state index < -0.39 is 0 Å². The van der Waals surface area contributed by atoms with Crippen LogP contribution in [0.1, 0.15) is 22.3 Å². The molecule has 0 saturated carbocycles. The summed E-state index contributed by atoms with van der Waals surface area (Å²) in [6, 6.07) is 14.8. The summed E-state index contributed by atoms with van der Waals surface area (Å²) in [7, 11) is 0. The van der Waals surface area contributed by atoms with E-state index in [1.807, 2.05) is 18.2 Å². The molecule has 2 nitrogen and oxygen atoms in total. The van der Waals surface area contributed by atoms with Gasteiger partial charge in [0.2, 0.25) is 0 Å². The first-order chi connectivity index (χ1) is 9.33. The number of benzene rings is 2. The third-order valence-electron chi connectivity index (χ3n) is 3.65. The molecule has 0 spiro atoms. The summed E-state index contributed by atoms with van der Waals surface area (Å²) in [4.78, 5) is 0. The summed E-state index contributed by atoms with van der Waals surface area (Å²) >= 11 is 0. The van der Waals surface area contributed by atoms with Gasteiger partial charge in [-0.3, -0.25) is 0 Å². The van der Waals surface area contributed by atoms with Crippen molar-refractivity contribution in [3.8, 4) is 5.75 Å². The van der Waals surface area contributed by atoms with Gasteiger partial charge in [-0.1, -0.05) is 36.4 Å². The van der Waals surface area contributed by atoms with Gasteiger partial charge in [0.05, 0.1) is 0 Å². The van der Waals surface area contributed by atoms with Crippen molar-refractivity contribution in [3.63, 3.8) is 0 Å². The molecule has 0 radical (unpaired) electrons. The predicted octanol–water partition coefficient (Wildman–Crippen LogP) is 3.22. The van der Waals surface area contributed by atoms with E-state index in [-0.39, 0.29) is 0 Å². The van der Waals surface area contributed by atoms with Crippen LogP contribution in [-0.2, 0) is 19.6 Å². The van der Waals surface area contributed by atoms with Crippen molar-refractivity contribution in [2.45, 2.75) is 26.5 Å². The lowest BCUT2D eigenvalue weighted by Crippen LogP contribution is -2.23. The van der Waals surface area contributed by atoms with E-state index in [0.717, 1.165) is 25.3 Å². The van der Waals surface area contributed by atoms with E-state index in [0.29, 0.717) is 6.61 Å². The molecular weight excluding hydrogens is 234 g/mol. The molecule has 3 rings (SSSR count). The monoisotopic (exact) mass is 253 g/mol.